The van der Waals surface area contributed by atoms with Gasteiger partial charge in [0.15, 0.2) is 11.6 Å². The van der Waals surface area contributed by atoms with Crippen LogP contribution in [-0.2, 0) is 16.1 Å². The van der Waals surface area contributed by atoms with Gasteiger partial charge < -0.3 is 10.1 Å². The first-order valence-corrected chi connectivity index (χ1v) is 8.25. The fraction of sp³-hybridized carbons (Fsp3) is 0.316. The first kappa shape index (κ1) is 17.0. The summed E-state index contributed by atoms with van der Waals surface area (Å²) in [6, 6.07) is 11.3. The van der Waals surface area contributed by atoms with Crippen LogP contribution in [0.2, 0.25) is 0 Å². The van der Waals surface area contributed by atoms with E-state index in [4.69, 9.17) is 4.74 Å². The van der Waals surface area contributed by atoms with E-state index < -0.39 is 17.4 Å². The number of hydrogen-bond donors (Lipinski definition) is 1. The molecule has 0 radical (unpaired) electrons. The second-order valence-corrected chi connectivity index (χ2v) is 6.18. The minimum Gasteiger partial charge on any atom is -0.464 e. The maximum atomic E-state index is 12.8. The summed E-state index contributed by atoms with van der Waals surface area (Å²) >= 11 is 0. The zero-order valence-corrected chi connectivity index (χ0v) is 14.6. The van der Waals surface area contributed by atoms with Crippen LogP contribution in [0.25, 0.3) is 0 Å². The number of anilines is 1. The number of amides is 2. The number of carbonyl (C=O) groups excluding carboxylic acids is 2. The van der Waals surface area contributed by atoms with Crippen molar-refractivity contribution in [2.24, 2.45) is 0 Å². The topological polar surface area (TPSA) is 71.5 Å². The molecule has 6 nitrogen and oxygen atoms in total. The molecular weight excluding hydrogens is 318 g/mol. The number of likely N-dealkylation sites (N-methyl/N-ethyl adjacent to an activating group) is 1. The molecule has 0 spiro atoms. The van der Waals surface area contributed by atoms with Gasteiger partial charge >= 0.3 is 0 Å². The Morgan fingerprint density at radius 1 is 1.28 bits per heavy atom. The number of aromatic nitrogens is 1. The molecule has 1 aliphatic rings. The Morgan fingerprint density at radius 2 is 2.00 bits per heavy atom. The molecule has 1 N–H and O–H groups in total. The Balaban J connectivity index is 1.81. The molecule has 1 aliphatic heterocycles. The van der Waals surface area contributed by atoms with Crippen molar-refractivity contribution in [3.8, 4) is 5.75 Å². The number of nitrogens with one attached hydrogen (secondary N) is 1. The summed E-state index contributed by atoms with van der Waals surface area (Å²) in [5.74, 6) is -0.00983. The molecule has 0 saturated carbocycles. The van der Waals surface area contributed by atoms with E-state index in [9.17, 15) is 9.59 Å². The van der Waals surface area contributed by atoms with Crippen LogP contribution < -0.4 is 15.0 Å². The largest absolute Gasteiger partial charge is 0.464 e. The highest BCUT2D eigenvalue weighted by Crippen LogP contribution is 2.35. The van der Waals surface area contributed by atoms with Gasteiger partial charge in [-0.05, 0) is 38.5 Å². The smallest absolute Gasteiger partial charge is 0.282 e. The molecule has 2 heterocycles. The number of nitrogens with zero attached hydrogens (tertiary/aromatic N) is 2. The second-order valence-electron chi connectivity index (χ2n) is 6.18. The van der Waals surface area contributed by atoms with Crippen LogP contribution in [0.5, 0.6) is 5.75 Å². The normalized spacial score (nSPS) is 19.2. The van der Waals surface area contributed by atoms with E-state index in [2.05, 4.69) is 10.3 Å². The molecule has 0 saturated heterocycles. The fourth-order valence-electron chi connectivity index (χ4n) is 2.78. The lowest BCUT2D eigenvalue weighted by molar-refractivity contribution is -0.148. The van der Waals surface area contributed by atoms with Gasteiger partial charge in [-0.1, -0.05) is 29.8 Å². The summed E-state index contributed by atoms with van der Waals surface area (Å²) in [6.07, 6.45) is 1.60. The number of rotatable bonds is 4. The molecule has 0 unspecified atom stereocenters. The van der Waals surface area contributed by atoms with E-state index in [-0.39, 0.29) is 0 Å². The van der Waals surface area contributed by atoms with Crippen molar-refractivity contribution in [1.82, 2.24) is 10.3 Å². The predicted octanol–water partition coefficient (Wildman–Crippen LogP) is 2.21. The van der Waals surface area contributed by atoms with Gasteiger partial charge in [0.05, 0.1) is 0 Å². The predicted molar refractivity (Wildman–Crippen MR) is 94.3 cm³/mol. The van der Waals surface area contributed by atoms with Crippen molar-refractivity contribution in [2.75, 3.05) is 11.4 Å². The molecule has 2 aromatic rings. The van der Waals surface area contributed by atoms with Crippen molar-refractivity contribution >= 4 is 17.6 Å². The highest BCUT2D eigenvalue weighted by Gasteiger charge is 2.50. The second kappa shape index (κ2) is 6.55. The summed E-state index contributed by atoms with van der Waals surface area (Å²) < 4.78 is 5.77. The molecule has 3 rings (SSSR count). The molecule has 0 aliphatic carbocycles. The number of hydrogen-bond acceptors (Lipinski definition) is 4. The number of fused-ring (bicyclic) bond motifs is 1. The van der Waals surface area contributed by atoms with Gasteiger partial charge in [-0.2, -0.15) is 0 Å². The highest BCUT2D eigenvalue weighted by molar-refractivity contribution is 6.16. The standard InChI is InChI=1S/C19H21N3O3/c1-4-22-16-15(6-5-11-20-16)25-19(3,18(22)24)17(23)21-12-14-9-7-13(2)8-10-14/h5-11H,4,12H2,1-3H3,(H,21,23)/t19-/m0/s1. The number of pyridine rings is 1. The zero-order chi connectivity index (χ0) is 18.0. The molecule has 25 heavy (non-hydrogen) atoms. The first-order valence-electron chi connectivity index (χ1n) is 8.25. The van der Waals surface area contributed by atoms with Crippen LogP contribution in [0, 0.1) is 6.92 Å². The van der Waals surface area contributed by atoms with E-state index in [1.165, 1.54) is 11.8 Å². The van der Waals surface area contributed by atoms with Gasteiger partial charge in [-0.25, -0.2) is 4.98 Å². The average Bonchev–Trinajstić information content (AvgIpc) is 2.62. The van der Waals surface area contributed by atoms with E-state index >= 15 is 0 Å². The van der Waals surface area contributed by atoms with Gasteiger partial charge in [0.25, 0.3) is 17.4 Å². The monoisotopic (exact) mass is 339 g/mol. The molecule has 1 aromatic heterocycles. The molecule has 6 heteroatoms. The fourth-order valence-corrected chi connectivity index (χ4v) is 2.78. The van der Waals surface area contributed by atoms with Crippen LogP contribution in [0.3, 0.4) is 0 Å². The minimum atomic E-state index is -1.61. The summed E-state index contributed by atoms with van der Waals surface area (Å²) in [5.41, 5.74) is 0.493. The molecule has 130 valence electrons. The van der Waals surface area contributed by atoms with Crippen molar-refractivity contribution in [2.45, 2.75) is 32.9 Å². The van der Waals surface area contributed by atoms with Crippen molar-refractivity contribution in [3.63, 3.8) is 0 Å². The molecule has 1 aromatic carbocycles. The SMILES string of the molecule is CCN1C(=O)[C@](C)(C(=O)NCc2ccc(C)cc2)Oc2cccnc21. The lowest BCUT2D eigenvalue weighted by Crippen LogP contribution is -2.62. The van der Waals surface area contributed by atoms with Gasteiger partial charge in [0.2, 0.25) is 0 Å². The molecule has 0 bridgehead atoms. The minimum absolute atomic E-state index is 0.331. The van der Waals surface area contributed by atoms with Crippen LogP contribution in [-0.4, -0.2) is 28.9 Å². The lowest BCUT2D eigenvalue weighted by atomic mass is 10.0. The van der Waals surface area contributed by atoms with E-state index in [1.807, 2.05) is 38.1 Å². The van der Waals surface area contributed by atoms with Crippen LogP contribution in [0.4, 0.5) is 5.82 Å². The quantitative estimate of drug-likeness (QED) is 0.867. The van der Waals surface area contributed by atoms with Gasteiger partial charge in [0, 0.05) is 19.3 Å². The Bertz CT molecular complexity index is 804. The van der Waals surface area contributed by atoms with Crippen molar-refractivity contribution < 1.29 is 14.3 Å². The molecule has 2 amide bonds. The van der Waals surface area contributed by atoms with Crippen molar-refractivity contribution in [1.29, 1.82) is 0 Å². The Kier molecular flexibility index (Phi) is 4.44. The molecule has 0 fully saturated rings. The van der Waals surface area contributed by atoms with Crippen LogP contribution in [0.1, 0.15) is 25.0 Å². The number of ether oxygens (including phenoxy) is 1. The third-order valence-electron chi connectivity index (χ3n) is 4.30. The highest BCUT2D eigenvalue weighted by atomic mass is 16.5. The third kappa shape index (κ3) is 3.07. The van der Waals surface area contributed by atoms with E-state index in [1.54, 1.807) is 18.3 Å². The van der Waals surface area contributed by atoms with Gasteiger partial charge in [-0.3, -0.25) is 14.5 Å². The Labute approximate surface area is 146 Å². The lowest BCUT2D eigenvalue weighted by Gasteiger charge is -2.38. The number of carbonyl (C=O) groups is 2. The first-order chi connectivity index (χ1) is 12.0. The molecule has 1 atom stereocenters. The summed E-state index contributed by atoms with van der Waals surface area (Å²) in [6.45, 7) is 6.08. The van der Waals surface area contributed by atoms with E-state index in [0.717, 1.165) is 11.1 Å². The summed E-state index contributed by atoms with van der Waals surface area (Å²) in [5, 5.41) is 2.80. The number of benzene rings is 1. The van der Waals surface area contributed by atoms with Gasteiger partial charge in [0.1, 0.15) is 0 Å². The number of aryl methyl sites for hydroxylation is 1. The molecular formula is C19H21N3O3. The van der Waals surface area contributed by atoms with E-state index in [0.29, 0.717) is 24.7 Å². The Hall–Kier alpha value is -2.89. The maximum Gasteiger partial charge on any atom is 0.282 e. The van der Waals surface area contributed by atoms with Gasteiger partial charge in [-0.15, -0.1) is 0 Å². The summed E-state index contributed by atoms with van der Waals surface area (Å²) in [7, 11) is 0. The van der Waals surface area contributed by atoms with Crippen LogP contribution in [0.15, 0.2) is 42.6 Å². The third-order valence-corrected chi connectivity index (χ3v) is 4.30. The van der Waals surface area contributed by atoms with Crippen LogP contribution >= 0.6 is 0 Å². The Morgan fingerprint density at radius 3 is 2.68 bits per heavy atom. The van der Waals surface area contributed by atoms with Crippen molar-refractivity contribution in [3.05, 3.63) is 53.7 Å². The zero-order valence-electron chi connectivity index (χ0n) is 14.6. The average molecular weight is 339 g/mol. The maximum absolute atomic E-state index is 12.8. The summed E-state index contributed by atoms with van der Waals surface area (Å²) in [4.78, 5) is 31.2.